The summed E-state index contributed by atoms with van der Waals surface area (Å²) in [6, 6.07) is 6.29. The number of hydrogen-bond donors (Lipinski definition) is 3. The van der Waals surface area contributed by atoms with E-state index in [9.17, 15) is 19.8 Å². The zero-order chi connectivity index (χ0) is 26.4. The van der Waals surface area contributed by atoms with Crippen LogP contribution in [-0.4, -0.2) is 51.2 Å². The molecule has 1 saturated heterocycles. The van der Waals surface area contributed by atoms with Gasteiger partial charge in [0.1, 0.15) is 11.9 Å². The largest absolute Gasteiger partial charge is 0.457 e. The van der Waals surface area contributed by atoms with Gasteiger partial charge in [0.25, 0.3) is 0 Å². The van der Waals surface area contributed by atoms with Gasteiger partial charge in [-0.2, -0.15) is 0 Å². The van der Waals surface area contributed by atoms with Crippen molar-refractivity contribution in [1.29, 1.82) is 0 Å². The Bertz CT molecular complexity index is 1170. The Morgan fingerprint density at radius 3 is 2.58 bits per heavy atom. The summed E-state index contributed by atoms with van der Waals surface area (Å²) in [5.74, 6) is -1.61. The molecule has 7 atom stereocenters. The van der Waals surface area contributed by atoms with E-state index in [4.69, 9.17) is 4.74 Å². The van der Waals surface area contributed by atoms with Gasteiger partial charge < -0.3 is 20.3 Å². The van der Waals surface area contributed by atoms with Crippen LogP contribution in [0.3, 0.4) is 0 Å². The van der Waals surface area contributed by atoms with Crippen molar-refractivity contribution in [3.05, 3.63) is 40.4 Å². The number of aryl methyl sites for hydroxylation is 1. The zero-order valence-electron chi connectivity index (χ0n) is 21.9. The smallest absolute Gasteiger partial charge is 0.309 e. The molecule has 1 aromatic heterocycles. The van der Waals surface area contributed by atoms with Crippen LogP contribution in [0, 0.1) is 24.2 Å². The Balaban J connectivity index is 1.64. The summed E-state index contributed by atoms with van der Waals surface area (Å²) in [6.07, 6.45) is 0.510. The average molecular weight is 515 g/mol. The number of aromatic nitrogens is 1. The maximum Gasteiger partial charge on any atom is 0.309 e. The molecule has 7 nitrogen and oxygen atoms in total. The Labute approximate surface area is 217 Å². The summed E-state index contributed by atoms with van der Waals surface area (Å²) >= 11 is 1.62. The number of rotatable bonds is 1. The number of carbonyl (C=O) groups excluding carboxylic acids is 2. The number of aliphatic hydroxyl groups excluding tert-OH is 2. The highest BCUT2D eigenvalue weighted by Crippen LogP contribution is 2.36. The molecule has 2 unspecified atom stereocenters. The number of ketones is 1. The minimum absolute atomic E-state index is 0.117. The number of Topliss-reactive ketones (excluding diaryl/α,β-unsaturated/α-hetero) is 1. The molecule has 0 aliphatic carbocycles. The molecule has 3 N–H and O–H groups in total. The van der Waals surface area contributed by atoms with Crippen LogP contribution in [0.25, 0.3) is 10.2 Å². The van der Waals surface area contributed by atoms with Crippen LogP contribution in [0.15, 0.2) is 29.8 Å². The summed E-state index contributed by atoms with van der Waals surface area (Å²) in [5, 5.41) is 26.3. The quantitative estimate of drug-likeness (QED) is 0.296. The number of hydrogen-bond acceptors (Lipinski definition) is 8. The van der Waals surface area contributed by atoms with E-state index < -0.39 is 35.6 Å². The van der Waals surface area contributed by atoms with Crippen LogP contribution >= 0.6 is 11.3 Å². The predicted molar refractivity (Wildman–Crippen MR) is 141 cm³/mol. The fraction of sp³-hybridized carbons (Fsp3) is 0.607. The predicted octanol–water partition coefficient (Wildman–Crippen LogP) is 4.25. The first-order valence-corrected chi connectivity index (χ1v) is 13.6. The summed E-state index contributed by atoms with van der Waals surface area (Å²) in [6.45, 7) is 10.9. The van der Waals surface area contributed by atoms with Crippen molar-refractivity contribution in [2.24, 2.45) is 17.3 Å². The van der Waals surface area contributed by atoms with Crippen LogP contribution < -0.4 is 5.32 Å². The molecule has 1 fully saturated rings. The maximum atomic E-state index is 13.3. The van der Waals surface area contributed by atoms with Gasteiger partial charge in [0.2, 0.25) is 0 Å². The van der Waals surface area contributed by atoms with Gasteiger partial charge in [0.05, 0.1) is 39.3 Å². The molecule has 36 heavy (non-hydrogen) atoms. The van der Waals surface area contributed by atoms with Crippen molar-refractivity contribution in [3.63, 3.8) is 0 Å². The fourth-order valence-corrected chi connectivity index (χ4v) is 6.15. The summed E-state index contributed by atoms with van der Waals surface area (Å²) < 4.78 is 6.98. The molecule has 4 rings (SSSR count). The van der Waals surface area contributed by atoms with Gasteiger partial charge in [-0.3, -0.25) is 9.59 Å². The third-order valence-electron chi connectivity index (χ3n) is 7.98. The highest BCUT2D eigenvalue weighted by atomic mass is 32.1. The molecule has 196 valence electrons. The van der Waals surface area contributed by atoms with E-state index in [0.717, 1.165) is 27.2 Å². The lowest BCUT2D eigenvalue weighted by Crippen LogP contribution is -2.46. The Morgan fingerprint density at radius 1 is 1.14 bits per heavy atom. The fourth-order valence-electron chi connectivity index (χ4n) is 5.34. The summed E-state index contributed by atoms with van der Waals surface area (Å²) in [4.78, 5) is 30.9. The third-order valence-corrected chi connectivity index (χ3v) is 8.93. The number of aliphatic hydroxyl groups is 2. The van der Waals surface area contributed by atoms with E-state index in [1.807, 2.05) is 32.0 Å². The van der Waals surface area contributed by atoms with Crippen LogP contribution in [0.2, 0.25) is 0 Å². The Kier molecular flexibility index (Phi) is 7.72. The van der Waals surface area contributed by atoms with Gasteiger partial charge in [0.15, 0.2) is 0 Å². The van der Waals surface area contributed by atoms with Crippen LogP contribution in [-0.2, 0) is 14.3 Å². The molecule has 2 aromatic rings. The standard InChI is InChI=1S/C28H38N2O5S/c1-14-7-9-21(18-8-10-22-19(12-18)29-17(4)36-22)35-24(32)13-23(31)28(5,6)27(34)16(3)26(33)15(2)25-20(11-14)30-25/h7-8,10,12,15-16,20-21,23,25-26,30-31,33H,9,11,13H2,1-6H3/b14-7-/t15-,16-,20?,21-,23-,25?,26+/m1/s1. The normalized spacial score (nSPS) is 35.6. The van der Waals surface area contributed by atoms with Gasteiger partial charge in [-0.15, -0.1) is 11.3 Å². The van der Waals surface area contributed by atoms with E-state index in [2.05, 4.69) is 23.3 Å². The molecule has 8 heteroatoms. The van der Waals surface area contributed by atoms with Crippen molar-refractivity contribution >= 4 is 33.3 Å². The second-order valence-corrected chi connectivity index (χ2v) is 12.4. The molecular weight excluding hydrogens is 476 g/mol. The summed E-state index contributed by atoms with van der Waals surface area (Å²) in [5.41, 5.74) is 1.68. The van der Waals surface area contributed by atoms with E-state index in [1.165, 1.54) is 5.57 Å². The monoisotopic (exact) mass is 514 g/mol. The zero-order valence-corrected chi connectivity index (χ0v) is 22.8. The van der Waals surface area contributed by atoms with E-state index in [0.29, 0.717) is 6.42 Å². The van der Waals surface area contributed by atoms with E-state index in [-0.39, 0.29) is 30.2 Å². The van der Waals surface area contributed by atoms with E-state index in [1.54, 1.807) is 32.1 Å². The van der Waals surface area contributed by atoms with Crippen LogP contribution in [0.1, 0.15) is 70.6 Å². The first kappa shape index (κ1) is 26.9. The molecule has 2 aliphatic rings. The molecule has 0 saturated carbocycles. The number of cyclic esters (lactones) is 1. The maximum absolute atomic E-state index is 13.3. The minimum Gasteiger partial charge on any atom is -0.457 e. The second kappa shape index (κ2) is 10.3. The third kappa shape index (κ3) is 5.57. The number of esters is 1. The Hall–Kier alpha value is -2.13. The van der Waals surface area contributed by atoms with E-state index >= 15 is 0 Å². The lowest BCUT2D eigenvalue weighted by atomic mass is 9.73. The summed E-state index contributed by atoms with van der Waals surface area (Å²) in [7, 11) is 0. The lowest BCUT2D eigenvalue weighted by molar-refractivity contribution is -0.155. The van der Waals surface area contributed by atoms with Crippen molar-refractivity contribution < 1.29 is 24.5 Å². The average Bonchev–Trinajstić information content (AvgIpc) is 3.48. The van der Waals surface area contributed by atoms with Gasteiger partial charge in [0, 0.05) is 24.4 Å². The topological polar surface area (TPSA) is 119 Å². The lowest BCUT2D eigenvalue weighted by Gasteiger charge is -2.34. The molecule has 2 aliphatic heterocycles. The van der Waals surface area contributed by atoms with Crippen molar-refractivity contribution in [2.75, 3.05) is 0 Å². The SMILES string of the molecule is C/C1=C/C[C@H](c2ccc3sc(C)nc3c2)OC(=O)C[C@@H](O)C(C)(C)C(=O)[C@H](C)[C@@H](O)[C@H](C)C2NC2C1. The van der Waals surface area contributed by atoms with Crippen LogP contribution in [0.5, 0.6) is 0 Å². The second-order valence-electron chi connectivity index (χ2n) is 11.2. The van der Waals surface area contributed by atoms with Crippen molar-refractivity contribution in [1.82, 2.24) is 10.3 Å². The first-order valence-electron chi connectivity index (χ1n) is 12.8. The highest BCUT2D eigenvalue weighted by Gasteiger charge is 2.47. The highest BCUT2D eigenvalue weighted by molar-refractivity contribution is 7.18. The molecular formula is C28H38N2O5S. The number of thiazole rings is 1. The molecule has 0 amide bonds. The van der Waals surface area contributed by atoms with Crippen molar-refractivity contribution in [3.8, 4) is 0 Å². The molecule has 3 heterocycles. The van der Waals surface area contributed by atoms with Gasteiger partial charge in [-0.05, 0) is 43.9 Å². The number of nitrogens with zero attached hydrogens (tertiary/aromatic N) is 1. The molecule has 0 radical (unpaired) electrons. The molecule has 1 aromatic carbocycles. The number of fused-ring (bicyclic) bond motifs is 2. The first-order chi connectivity index (χ1) is 16.9. The number of benzene rings is 1. The van der Waals surface area contributed by atoms with Gasteiger partial charge in [-0.25, -0.2) is 4.98 Å². The van der Waals surface area contributed by atoms with Gasteiger partial charge >= 0.3 is 5.97 Å². The number of nitrogens with one attached hydrogen (secondary N) is 1. The van der Waals surface area contributed by atoms with Gasteiger partial charge in [-0.1, -0.05) is 45.4 Å². The molecule has 0 bridgehead atoms. The minimum atomic E-state index is -1.23. The van der Waals surface area contributed by atoms with Crippen molar-refractivity contribution in [2.45, 2.75) is 91.2 Å². The Morgan fingerprint density at radius 2 is 1.86 bits per heavy atom. The number of ether oxygens (including phenoxy) is 1. The molecule has 0 spiro atoms. The van der Waals surface area contributed by atoms with Crippen LogP contribution in [0.4, 0.5) is 0 Å². The number of carbonyl (C=O) groups is 2.